The summed E-state index contributed by atoms with van der Waals surface area (Å²) >= 11 is 0. The van der Waals surface area contributed by atoms with E-state index in [4.69, 9.17) is 0 Å². The van der Waals surface area contributed by atoms with Gasteiger partial charge in [-0.05, 0) is 37.6 Å². The summed E-state index contributed by atoms with van der Waals surface area (Å²) in [5.41, 5.74) is -0.781. The van der Waals surface area contributed by atoms with Crippen LogP contribution in [0.15, 0.2) is 41.4 Å². The minimum Gasteiger partial charge on any atom is -0.345 e. The molecule has 3 aromatic rings. The number of carbonyl (C=O) groups excluding carboxylic acids is 2. The van der Waals surface area contributed by atoms with Crippen LogP contribution in [0.2, 0.25) is 0 Å². The van der Waals surface area contributed by atoms with Crippen molar-refractivity contribution >= 4 is 21.5 Å². The Labute approximate surface area is 225 Å². The molecule has 0 spiro atoms. The summed E-state index contributed by atoms with van der Waals surface area (Å²) in [7, 11) is -3.41. The zero-order chi connectivity index (χ0) is 29.3. The normalized spacial score (nSPS) is 12.4. The van der Waals surface area contributed by atoms with Crippen molar-refractivity contribution in [1.29, 1.82) is 0 Å². The van der Waals surface area contributed by atoms with E-state index in [9.17, 15) is 31.2 Å². The number of benzene rings is 1. The summed E-state index contributed by atoms with van der Waals surface area (Å²) in [6.07, 6.45) is -3.45. The molecule has 0 aliphatic carbocycles. The molecule has 0 atom stereocenters. The van der Waals surface area contributed by atoms with E-state index < -0.39 is 38.7 Å². The highest BCUT2D eigenvalue weighted by Crippen LogP contribution is 2.34. The van der Waals surface area contributed by atoms with Crippen LogP contribution >= 0.6 is 0 Å². The van der Waals surface area contributed by atoms with E-state index in [1.54, 1.807) is 11.5 Å². The van der Waals surface area contributed by atoms with E-state index in [2.05, 4.69) is 15.3 Å². The highest BCUT2D eigenvalue weighted by Gasteiger charge is 2.35. The van der Waals surface area contributed by atoms with Gasteiger partial charge in [0.05, 0.1) is 28.5 Å². The third-order valence-electron chi connectivity index (χ3n) is 6.22. The van der Waals surface area contributed by atoms with Gasteiger partial charge in [-0.3, -0.25) is 14.6 Å². The van der Waals surface area contributed by atoms with Crippen LogP contribution in [-0.2, 0) is 34.5 Å². The molecule has 2 heterocycles. The molecule has 0 saturated heterocycles. The van der Waals surface area contributed by atoms with E-state index in [1.165, 1.54) is 44.3 Å². The standard InChI is InChI=1S/C27H31F3N4O4S/c1-7-39(37,38)21-11-10-20(31-14-21)13-32-24(36)23-16(2)34(25(33-23)26(4,5)6)15-19-9-8-18(17(3)35)12-22(19)27(28,29)30/h8-12,14H,7,13,15H2,1-6H3,(H,32,36). The number of alkyl halides is 3. The first-order valence-electron chi connectivity index (χ1n) is 12.2. The number of nitrogens with one attached hydrogen (secondary N) is 1. The van der Waals surface area contributed by atoms with Crippen molar-refractivity contribution < 1.29 is 31.2 Å². The van der Waals surface area contributed by atoms with Gasteiger partial charge in [-0.2, -0.15) is 13.2 Å². The number of pyridine rings is 1. The van der Waals surface area contributed by atoms with Crippen LogP contribution in [0.1, 0.15) is 83.8 Å². The Hall–Kier alpha value is -3.54. The first kappa shape index (κ1) is 30.0. The van der Waals surface area contributed by atoms with E-state index in [0.717, 1.165) is 6.07 Å². The van der Waals surface area contributed by atoms with Crippen LogP contribution < -0.4 is 5.32 Å². The monoisotopic (exact) mass is 564 g/mol. The zero-order valence-electron chi connectivity index (χ0n) is 22.6. The van der Waals surface area contributed by atoms with Gasteiger partial charge in [-0.25, -0.2) is 13.4 Å². The number of amides is 1. The molecular weight excluding hydrogens is 533 g/mol. The molecule has 0 fully saturated rings. The van der Waals surface area contributed by atoms with Gasteiger partial charge in [0.2, 0.25) is 0 Å². The number of carbonyl (C=O) groups is 2. The lowest BCUT2D eigenvalue weighted by Gasteiger charge is -2.22. The van der Waals surface area contributed by atoms with Crippen molar-refractivity contribution in [3.8, 4) is 0 Å². The van der Waals surface area contributed by atoms with E-state index in [-0.39, 0.29) is 40.6 Å². The number of ketones is 1. The predicted octanol–water partition coefficient (Wildman–Crippen LogP) is 4.88. The molecule has 0 unspecified atom stereocenters. The molecule has 0 aliphatic heterocycles. The van der Waals surface area contributed by atoms with E-state index in [1.807, 2.05) is 20.8 Å². The second-order valence-corrected chi connectivity index (χ2v) is 12.5. The molecule has 0 aliphatic rings. The lowest BCUT2D eigenvalue weighted by molar-refractivity contribution is -0.138. The fraction of sp³-hybridized carbons (Fsp3) is 0.407. The molecule has 0 radical (unpaired) electrons. The second kappa shape index (κ2) is 10.9. The maximum atomic E-state index is 13.9. The Balaban J connectivity index is 1.93. The summed E-state index contributed by atoms with van der Waals surface area (Å²) in [6.45, 7) is 9.65. The Morgan fingerprint density at radius 3 is 2.26 bits per heavy atom. The predicted molar refractivity (Wildman–Crippen MR) is 139 cm³/mol. The van der Waals surface area contributed by atoms with E-state index in [0.29, 0.717) is 17.2 Å². The minimum absolute atomic E-state index is 0.00678. The summed E-state index contributed by atoms with van der Waals surface area (Å²) in [5.74, 6) is -0.669. The third kappa shape index (κ3) is 6.73. The molecule has 0 bridgehead atoms. The van der Waals surface area contributed by atoms with Gasteiger partial charge in [0.25, 0.3) is 5.91 Å². The SMILES string of the molecule is CCS(=O)(=O)c1ccc(CNC(=O)c2nc(C(C)(C)C)n(Cc3ccc(C(C)=O)cc3C(F)(F)F)c2C)nc1. The van der Waals surface area contributed by atoms with Crippen molar-refractivity contribution in [1.82, 2.24) is 19.9 Å². The Bertz CT molecular complexity index is 1500. The molecule has 2 aromatic heterocycles. The topological polar surface area (TPSA) is 111 Å². The maximum absolute atomic E-state index is 13.9. The third-order valence-corrected chi connectivity index (χ3v) is 7.94. The minimum atomic E-state index is -4.68. The molecule has 1 aromatic carbocycles. The molecule has 3 rings (SSSR count). The van der Waals surface area contributed by atoms with Gasteiger partial charge in [-0.15, -0.1) is 0 Å². The number of nitrogens with zero attached hydrogens (tertiary/aromatic N) is 3. The van der Waals surface area contributed by atoms with Crippen molar-refractivity contribution in [2.24, 2.45) is 0 Å². The van der Waals surface area contributed by atoms with Crippen LogP contribution in [0.5, 0.6) is 0 Å². The quantitative estimate of drug-likeness (QED) is 0.391. The number of aromatic nitrogens is 3. The largest absolute Gasteiger partial charge is 0.416 e. The van der Waals surface area contributed by atoms with Crippen LogP contribution in [-0.4, -0.2) is 40.4 Å². The number of rotatable bonds is 8. The zero-order valence-corrected chi connectivity index (χ0v) is 23.4. The van der Waals surface area contributed by atoms with Gasteiger partial charge in [0.1, 0.15) is 11.5 Å². The average Bonchev–Trinajstić information content (AvgIpc) is 3.18. The van der Waals surface area contributed by atoms with Gasteiger partial charge in [0.15, 0.2) is 15.6 Å². The number of hydrogen-bond donors (Lipinski definition) is 1. The highest BCUT2D eigenvalue weighted by atomic mass is 32.2. The maximum Gasteiger partial charge on any atom is 0.416 e. The lowest BCUT2D eigenvalue weighted by atomic mass is 9.95. The Kier molecular flexibility index (Phi) is 8.40. The molecule has 39 heavy (non-hydrogen) atoms. The molecule has 1 N–H and O–H groups in total. The molecule has 1 amide bonds. The molecule has 210 valence electrons. The van der Waals surface area contributed by atoms with Crippen LogP contribution in [0.4, 0.5) is 13.2 Å². The highest BCUT2D eigenvalue weighted by molar-refractivity contribution is 7.91. The second-order valence-electron chi connectivity index (χ2n) is 10.2. The first-order valence-corrected chi connectivity index (χ1v) is 13.9. The van der Waals surface area contributed by atoms with Gasteiger partial charge < -0.3 is 9.88 Å². The Morgan fingerprint density at radius 1 is 1.08 bits per heavy atom. The fourth-order valence-electron chi connectivity index (χ4n) is 4.00. The van der Waals surface area contributed by atoms with Crippen LogP contribution in [0.3, 0.4) is 0 Å². The smallest absolute Gasteiger partial charge is 0.345 e. The molecular formula is C27H31F3N4O4S. The van der Waals surface area contributed by atoms with Crippen LogP contribution in [0.25, 0.3) is 0 Å². The number of imidazole rings is 1. The van der Waals surface area contributed by atoms with Gasteiger partial charge in [-0.1, -0.05) is 39.8 Å². The summed E-state index contributed by atoms with van der Waals surface area (Å²) in [4.78, 5) is 33.5. The van der Waals surface area contributed by atoms with Crippen LogP contribution in [0, 0.1) is 6.92 Å². The number of Topliss-reactive ketones (excluding diaryl/α,β-unsaturated/α-hetero) is 1. The summed E-state index contributed by atoms with van der Waals surface area (Å²) in [5, 5.41) is 2.70. The first-order chi connectivity index (χ1) is 18.0. The van der Waals surface area contributed by atoms with Gasteiger partial charge >= 0.3 is 6.18 Å². The van der Waals surface area contributed by atoms with Crippen molar-refractivity contribution in [3.05, 3.63) is 76.1 Å². The van der Waals surface area contributed by atoms with E-state index >= 15 is 0 Å². The fourth-order valence-corrected chi connectivity index (χ4v) is 4.83. The number of sulfone groups is 1. The Morgan fingerprint density at radius 2 is 1.74 bits per heavy atom. The molecule has 8 nitrogen and oxygen atoms in total. The number of halogens is 3. The van der Waals surface area contributed by atoms with Crippen molar-refractivity contribution in [2.45, 2.75) is 71.1 Å². The average molecular weight is 565 g/mol. The lowest BCUT2D eigenvalue weighted by Crippen LogP contribution is -2.24. The summed E-state index contributed by atoms with van der Waals surface area (Å²) < 4.78 is 67.2. The number of hydrogen-bond acceptors (Lipinski definition) is 6. The van der Waals surface area contributed by atoms with Crippen molar-refractivity contribution in [3.63, 3.8) is 0 Å². The van der Waals surface area contributed by atoms with Crippen molar-refractivity contribution in [2.75, 3.05) is 5.75 Å². The van der Waals surface area contributed by atoms with Gasteiger partial charge in [0, 0.05) is 29.4 Å². The molecule has 0 saturated carbocycles. The molecule has 12 heteroatoms. The summed E-state index contributed by atoms with van der Waals surface area (Å²) in [6, 6.07) is 6.39.